The Labute approximate surface area is 96.8 Å². The van der Waals surface area contributed by atoms with E-state index in [1.807, 2.05) is 0 Å². The second-order valence-corrected chi connectivity index (χ2v) is 5.81. The Morgan fingerprint density at radius 3 is 2.93 bits per heavy atom. The number of hydrogen-bond acceptors (Lipinski definition) is 4. The average molecular weight is 236 g/mol. The van der Waals surface area contributed by atoms with Crippen molar-refractivity contribution < 1.29 is 0 Å². The third-order valence-electron chi connectivity index (χ3n) is 2.61. The molecule has 2 aromatic rings. The molecule has 2 nitrogen and oxygen atoms in total. The van der Waals surface area contributed by atoms with Gasteiger partial charge in [0.15, 0.2) is 0 Å². The molecule has 1 saturated carbocycles. The van der Waals surface area contributed by atoms with Crippen LogP contribution < -0.4 is 5.73 Å². The molecule has 78 valence electrons. The van der Waals surface area contributed by atoms with Gasteiger partial charge in [0.25, 0.3) is 0 Å². The quantitative estimate of drug-likeness (QED) is 0.888. The van der Waals surface area contributed by atoms with E-state index in [0.717, 1.165) is 5.01 Å². The maximum absolute atomic E-state index is 5.76. The van der Waals surface area contributed by atoms with Gasteiger partial charge in [0.2, 0.25) is 0 Å². The highest BCUT2D eigenvalue weighted by Gasteiger charge is 2.29. The molecule has 1 aliphatic rings. The number of aromatic nitrogens is 1. The van der Waals surface area contributed by atoms with Crippen molar-refractivity contribution in [1.29, 1.82) is 0 Å². The minimum Gasteiger partial charge on any atom is -0.326 e. The van der Waals surface area contributed by atoms with Crippen molar-refractivity contribution in [2.24, 2.45) is 5.73 Å². The highest BCUT2D eigenvalue weighted by atomic mass is 32.1. The molecule has 0 aromatic carbocycles. The molecule has 4 heteroatoms. The van der Waals surface area contributed by atoms with Gasteiger partial charge in [-0.3, -0.25) is 0 Å². The fourth-order valence-corrected chi connectivity index (χ4v) is 3.51. The van der Waals surface area contributed by atoms with Gasteiger partial charge in [-0.2, -0.15) is 0 Å². The molecule has 0 saturated heterocycles. The molecule has 1 fully saturated rings. The fourth-order valence-electron chi connectivity index (χ4n) is 1.69. The zero-order valence-corrected chi connectivity index (χ0v) is 9.90. The minimum atomic E-state index is 0.634. The lowest BCUT2D eigenvalue weighted by molar-refractivity contribution is 0.980. The SMILES string of the molecule is NCc1sc(-c2cccs2)nc1C1CC1. The first kappa shape index (κ1) is 9.51. The number of thiophene rings is 1. The van der Waals surface area contributed by atoms with E-state index >= 15 is 0 Å². The van der Waals surface area contributed by atoms with Gasteiger partial charge in [-0.25, -0.2) is 4.98 Å². The Bertz CT molecular complexity index is 455. The molecule has 2 N–H and O–H groups in total. The van der Waals surface area contributed by atoms with Gasteiger partial charge in [0, 0.05) is 17.3 Å². The third kappa shape index (κ3) is 1.73. The lowest BCUT2D eigenvalue weighted by atomic mass is 10.2. The van der Waals surface area contributed by atoms with Crippen LogP contribution in [0.3, 0.4) is 0 Å². The summed E-state index contributed by atoms with van der Waals surface area (Å²) in [5.41, 5.74) is 7.03. The molecule has 2 heterocycles. The van der Waals surface area contributed by atoms with Crippen LogP contribution in [0.1, 0.15) is 29.3 Å². The van der Waals surface area contributed by atoms with E-state index < -0.39 is 0 Å². The van der Waals surface area contributed by atoms with Crippen LogP contribution in [0, 0.1) is 0 Å². The predicted octanol–water partition coefficient (Wildman–Crippen LogP) is 3.21. The molecule has 0 atom stereocenters. The van der Waals surface area contributed by atoms with E-state index in [2.05, 4.69) is 17.5 Å². The van der Waals surface area contributed by atoms with Crippen molar-refractivity contribution in [1.82, 2.24) is 4.98 Å². The summed E-state index contributed by atoms with van der Waals surface area (Å²) in [6.07, 6.45) is 2.58. The van der Waals surface area contributed by atoms with Gasteiger partial charge in [0.05, 0.1) is 10.6 Å². The topological polar surface area (TPSA) is 38.9 Å². The van der Waals surface area contributed by atoms with Crippen LogP contribution in [0.15, 0.2) is 17.5 Å². The average Bonchev–Trinajstić information content (AvgIpc) is 2.83. The second-order valence-electron chi connectivity index (χ2n) is 3.78. The lowest BCUT2D eigenvalue weighted by Gasteiger charge is -1.93. The standard InChI is InChI=1S/C11H12N2S2/c12-6-9-10(7-3-4-7)13-11(15-9)8-2-1-5-14-8/h1-2,5,7H,3-4,6,12H2. The summed E-state index contributed by atoms with van der Waals surface area (Å²) in [6.45, 7) is 0.634. The molecule has 3 rings (SSSR count). The van der Waals surface area contributed by atoms with Crippen LogP contribution in [0.4, 0.5) is 0 Å². The number of hydrogen-bond donors (Lipinski definition) is 1. The highest BCUT2D eigenvalue weighted by molar-refractivity contribution is 7.21. The Morgan fingerprint density at radius 2 is 2.33 bits per heavy atom. The largest absolute Gasteiger partial charge is 0.326 e. The Hall–Kier alpha value is -0.710. The van der Waals surface area contributed by atoms with Gasteiger partial charge in [-0.1, -0.05) is 6.07 Å². The van der Waals surface area contributed by atoms with Crippen LogP contribution in [-0.2, 0) is 6.54 Å². The maximum Gasteiger partial charge on any atom is 0.133 e. The predicted molar refractivity (Wildman–Crippen MR) is 65.3 cm³/mol. The number of rotatable bonds is 3. The van der Waals surface area contributed by atoms with Gasteiger partial charge < -0.3 is 5.73 Å². The summed E-state index contributed by atoms with van der Waals surface area (Å²) < 4.78 is 0. The van der Waals surface area contributed by atoms with E-state index in [1.54, 1.807) is 22.7 Å². The van der Waals surface area contributed by atoms with Crippen LogP contribution >= 0.6 is 22.7 Å². The molecular weight excluding hydrogens is 224 g/mol. The normalized spacial score (nSPS) is 15.8. The van der Waals surface area contributed by atoms with E-state index in [0.29, 0.717) is 12.5 Å². The van der Waals surface area contributed by atoms with Gasteiger partial charge in [-0.15, -0.1) is 22.7 Å². The maximum atomic E-state index is 5.76. The Kier molecular flexibility index (Phi) is 2.35. The molecule has 0 aliphatic heterocycles. The van der Waals surface area contributed by atoms with Crippen molar-refractivity contribution in [2.45, 2.75) is 25.3 Å². The summed E-state index contributed by atoms with van der Waals surface area (Å²) in [6, 6.07) is 4.20. The first-order valence-electron chi connectivity index (χ1n) is 5.12. The van der Waals surface area contributed by atoms with E-state index in [-0.39, 0.29) is 0 Å². The lowest BCUT2D eigenvalue weighted by Crippen LogP contribution is -1.96. The fraction of sp³-hybridized carbons (Fsp3) is 0.364. The molecule has 0 bridgehead atoms. The molecule has 0 amide bonds. The van der Waals surface area contributed by atoms with Crippen molar-refractivity contribution in [2.75, 3.05) is 0 Å². The van der Waals surface area contributed by atoms with E-state index in [1.165, 1.54) is 28.3 Å². The zero-order valence-electron chi connectivity index (χ0n) is 8.27. The number of nitrogens with two attached hydrogens (primary N) is 1. The van der Waals surface area contributed by atoms with E-state index in [4.69, 9.17) is 10.7 Å². The van der Waals surface area contributed by atoms with E-state index in [9.17, 15) is 0 Å². The van der Waals surface area contributed by atoms with Crippen LogP contribution in [-0.4, -0.2) is 4.98 Å². The third-order valence-corrected chi connectivity index (χ3v) is 4.74. The minimum absolute atomic E-state index is 0.634. The molecule has 0 radical (unpaired) electrons. The summed E-state index contributed by atoms with van der Waals surface area (Å²) >= 11 is 3.51. The van der Waals surface area contributed by atoms with Crippen molar-refractivity contribution in [3.05, 3.63) is 28.1 Å². The molecular formula is C11H12N2S2. The van der Waals surface area contributed by atoms with Crippen LogP contribution in [0.5, 0.6) is 0 Å². The first-order chi connectivity index (χ1) is 7.38. The number of nitrogens with zero attached hydrogens (tertiary/aromatic N) is 1. The first-order valence-corrected chi connectivity index (χ1v) is 6.81. The molecule has 15 heavy (non-hydrogen) atoms. The van der Waals surface area contributed by atoms with Crippen LogP contribution in [0.2, 0.25) is 0 Å². The van der Waals surface area contributed by atoms with Crippen molar-refractivity contribution in [3.8, 4) is 9.88 Å². The molecule has 0 unspecified atom stereocenters. The van der Waals surface area contributed by atoms with Gasteiger partial charge in [-0.05, 0) is 24.3 Å². The second kappa shape index (κ2) is 3.70. The Morgan fingerprint density at radius 1 is 1.47 bits per heavy atom. The van der Waals surface area contributed by atoms with Crippen molar-refractivity contribution in [3.63, 3.8) is 0 Å². The molecule has 1 aliphatic carbocycles. The zero-order chi connectivity index (χ0) is 10.3. The van der Waals surface area contributed by atoms with Crippen LogP contribution in [0.25, 0.3) is 9.88 Å². The van der Waals surface area contributed by atoms with Gasteiger partial charge in [0.1, 0.15) is 5.01 Å². The monoisotopic (exact) mass is 236 g/mol. The summed E-state index contributed by atoms with van der Waals surface area (Å²) in [5.74, 6) is 0.702. The molecule has 2 aromatic heterocycles. The Balaban J connectivity index is 2.03. The summed E-state index contributed by atoms with van der Waals surface area (Å²) in [7, 11) is 0. The van der Waals surface area contributed by atoms with Gasteiger partial charge >= 0.3 is 0 Å². The summed E-state index contributed by atoms with van der Waals surface area (Å²) in [5, 5.41) is 3.24. The summed E-state index contributed by atoms with van der Waals surface area (Å²) in [4.78, 5) is 7.28. The molecule has 0 spiro atoms. The van der Waals surface area contributed by atoms with Crippen molar-refractivity contribution >= 4 is 22.7 Å². The number of thiazole rings is 1. The highest BCUT2D eigenvalue weighted by Crippen LogP contribution is 2.44. The smallest absolute Gasteiger partial charge is 0.133 e.